The molecule has 4 nitrogen and oxygen atoms in total. The number of nitrogens with one attached hydrogen (secondary N) is 2. The van der Waals surface area contributed by atoms with Crippen LogP contribution in [0, 0.1) is 5.82 Å². The van der Waals surface area contributed by atoms with Crippen molar-refractivity contribution < 1.29 is 9.18 Å². The highest BCUT2D eigenvalue weighted by Gasteiger charge is 2.44. The molecule has 0 bridgehead atoms. The topological polar surface area (TPSA) is 44.4 Å². The molecule has 0 atom stereocenters. The average molecular weight is 360 g/mol. The minimum Gasteiger partial charge on any atom is -0.369 e. The third kappa shape index (κ3) is 3.10. The summed E-state index contributed by atoms with van der Waals surface area (Å²) in [4.78, 5) is 14.8. The lowest BCUT2D eigenvalue weighted by Gasteiger charge is -2.44. The molecule has 1 spiro atoms. The summed E-state index contributed by atoms with van der Waals surface area (Å²) >= 11 is 6.17. The van der Waals surface area contributed by atoms with Gasteiger partial charge in [-0.15, -0.1) is 0 Å². The molecule has 0 unspecified atom stereocenters. The quantitative estimate of drug-likeness (QED) is 0.855. The number of anilines is 2. The molecule has 6 heteroatoms. The van der Waals surface area contributed by atoms with Crippen molar-refractivity contribution in [2.45, 2.75) is 24.9 Å². The molecule has 1 fully saturated rings. The molecular formula is C19H19ClFN3O. The predicted molar refractivity (Wildman–Crippen MR) is 97.3 cm³/mol. The molecule has 2 aromatic rings. The van der Waals surface area contributed by atoms with Crippen LogP contribution in [0.5, 0.6) is 0 Å². The lowest BCUT2D eigenvalue weighted by molar-refractivity contribution is -0.122. The molecule has 1 saturated heterocycles. The summed E-state index contributed by atoms with van der Waals surface area (Å²) in [6.07, 6.45) is 1.39. The Hall–Kier alpha value is -2.11. The second-order valence-corrected chi connectivity index (χ2v) is 7.13. The average Bonchev–Trinajstić information content (AvgIpc) is 2.61. The number of hydrogen-bond donors (Lipinski definition) is 2. The van der Waals surface area contributed by atoms with E-state index in [4.69, 9.17) is 11.6 Å². The molecule has 2 heterocycles. The number of amides is 1. The first-order valence-electron chi connectivity index (χ1n) is 8.41. The van der Waals surface area contributed by atoms with Crippen molar-refractivity contribution in [3.8, 4) is 0 Å². The van der Waals surface area contributed by atoms with Crippen molar-refractivity contribution in [3.63, 3.8) is 0 Å². The van der Waals surface area contributed by atoms with Gasteiger partial charge in [0.25, 0.3) is 0 Å². The van der Waals surface area contributed by atoms with Crippen LogP contribution in [0.3, 0.4) is 0 Å². The van der Waals surface area contributed by atoms with E-state index in [-0.39, 0.29) is 11.7 Å². The number of carbonyl (C=O) groups excluding carboxylic acids is 1. The zero-order valence-corrected chi connectivity index (χ0v) is 14.4. The third-order valence-electron chi connectivity index (χ3n) is 5.10. The van der Waals surface area contributed by atoms with Crippen LogP contribution in [0.25, 0.3) is 0 Å². The number of benzene rings is 2. The number of fused-ring (bicyclic) bond motifs is 1. The monoisotopic (exact) mass is 359 g/mol. The molecule has 0 aromatic heterocycles. The molecule has 2 aliphatic heterocycles. The number of halogens is 2. The van der Waals surface area contributed by atoms with E-state index in [9.17, 15) is 9.18 Å². The van der Waals surface area contributed by atoms with Crippen LogP contribution in [-0.2, 0) is 11.3 Å². The zero-order valence-electron chi connectivity index (χ0n) is 13.7. The highest BCUT2D eigenvalue weighted by Crippen LogP contribution is 2.36. The Balaban J connectivity index is 1.46. The SMILES string of the molecule is O=C1Nc2ccccc2NC12CCN(Cc1cc(F)ccc1Cl)CC2. The second kappa shape index (κ2) is 6.32. The summed E-state index contributed by atoms with van der Waals surface area (Å²) in [6.45, 7) is 2.08. The van der Waals surface area contributed by atoms with Gasteiger partial charge < -0.3 is 10.6 Å². The summed E-state index contributed by atoms with van der Waals surface area (Å²) in [5.74, 6) is -0.257. The first kappa shape index (κ1) is 16.4. The van der Waals surface area contributed by atoms with Gasteiger partial charge in [0.05, 0.1) is 11.4 Å². The first-order valence-corrected chi connectivity index (χ1v) is 8.78. The molecule has 2 N–H and O–H groups in total. The van der Waals surface area contributed by atoms with E-state index >= 15 is 0 Å². The summed E-state index contributed by atoms with van der Waals surface area (Å²) in [5, 5.41) is 7.03. The Morgan fingerprint density at radius 2 is 1.84 bits per heavy atom. The molecule has 0 radical (unpaired) electrons. The summed E-state index contributed by atoms with van der Waals surface area (Å²) in [7, 11) is 0. The Labute approximate surface area is 151 Å². The maximum atomic E-state index is 13.4. The summed E-state index contributed by atoms with van der Waals surface area (Å²) < 4.78 is 13.4. The number of hydrogen-bond acceptors (Lipinski definition) is 3. The van der Waals surface area contributed by atoms with Gasteiger partial charge in [-0.1, -0.05) is 23.7 Å². The summed E-state index contributed by atoms with van der Waals surface area (Å²) in [5.41, 5.74) is 2.00. The highest BCUT2D eigenvalue weighted by molar-refractivity contribution is 6.31. The molecule has 0 aliphatic carbocycles. The number of rotatable bonds is 2. The fraction of sp³-hybridized carbons (Fsp3) is 0.316. The van der Waals surface area contributed by atoms with Crippen LogP contribution < -0.4 is 10.6 Å². The van der Waals surface area contributed by atoms with Crippen LogP contribution in [-0.4, -0.2) is 29.4 Å². The van der Waals surface area contributed by atoms with E-state index in [0.717, 1.165) is 30.0 Å². The standard InChI is InChI=1S/C19H19ClFN3O/c20-15-6-5-14(21)11-13(15)12-24-9-7-19(8-10-24)18(25)22-16-3-1-2-4-17(16)23-19/h1-6,11,23H,7-10,12H2,(H,22,25). The summed E-state index contributed by atoms with van der Waals surface area (Å²) in [6, 6.07) is 12.2. The van der Waals surface area contributed by atoms with Crippen molar-refractivity contribution in [1.82, 2.24) is 4.90 Å². The zero-order chi connectivity index (χ0) is 17.4. The number of piperidine rings is 1. The van der Waals surface area contributed by atoms with Crippen molar-refractivity contribution in [2.75, 3.05) is 23.7 Å². The number of likely N-dealkylation sites (tertiary alicyclic amines) is 1. The van der Waals surface area contributed by atoms with E-state index in [1.54, 1.807) is 6.07 Å². The molecule has 1 amide bonds. The molecule has 2 aromatic carbocycles. The van der Waals surface area contributed by atoms with Gasteiger partial charge in [-0.25, -0.2) is 4.39 Å². The minimum atomic E-state index is -0.573. The van der Waals surface area contributed by atoms with Crippen LogP contribution in [0.4, 0.5) is 15.8 Å². The van der Waals surface area contributed by atoms with Gasteiger partial charge in [-0.05, 0) is 48.7 Å². The fourth-order valence-corrected chi connectivity index (χ4v) is 3.79. The Morgan fingerprint density at radius 3 is 2.60 bits per heavy atom. The largest absolute Gasteiger partial charge is 0.369 e. The van der Waals surface area contributed by atoms with Gasteiger partial charge in [0, 0.05) is 24.7 Å². The predicted octanol–water partition coefficient (Wildman–Crippen LogP) is 3.88. The molecule has 0 saturated carbocycles. The van der Waals surface area contributed by atoms with E-state index < -0.39 is 5.54 Å². The normalized spacial score (nSPS) is 19.2. The highest BCUT2D eigenvalue weighted by atomic mass is 35.5. The van der Waals surface area contributed by atoms with Crippen molar-refractivity contribution >= 4 is 28.9 Å². The Bertz CT molecular complexity index is 818. The third-order valence-corrected chi connectivity index (χ3v) is 5.46. The maximum Gasteiger partial charge on any atom is 0.250 e. The van der Waals surface area contributed by atoms with Gasteiger partial charge in [-0.3, -0.25) is 9.69 Å². The van der Waals surface area contributed by atoms with Gasteiger partial charge in [0.15, 0.2) is 0 Å². The van der Waals surface area contributed by atoms with Gasteiger partial charge in [0.2, 0.25) is 5.91 Å². The molecule has 4 rings (SSSR count). The van der Waals surface area contributed by atoms with Gasteiger partial charge in [0.1, 0.15) is 11.4 Å². The molecule has 130 valence electrons. The lowest BCUT2D eigenvalue weighted by Crippen LogP contribution is -2.58. The first-order chi connectivity index (χ1) is 12.1. The smallest absolute Gasteiger partial charge is 0.250 e. The second-order valence-electron chi connectivity index (χ2n) is 6.72. The lowest BCUT2D eigenvalue weighted by atomic mass is 9.84. The minimum absolute atomic E-state index is 0.0228. The van der Waals surface area contributed by atoms with E-state index in [1.165, 1.54) is 12.1 Å². The number of nitrogens with zero attached hydrogens (tertiary/aromatic N) is 1. The van der Waals surface area contributed by atoms with Crippen molar-refractivity contribution in [3.05, 3.63) is 58.9 Å². The number of carbonyl (C=O) groups is 1. The van der Waals surface area contributed by atoms with Crippen molar-refractivity contribution in [2.24, 2.45) is 0 Å². The van der Waals surface area contributed by atoms with Gasteiger partial charge in [-0.2, -0.15) is 0 Å². The maximum absolute atomic E-state index is 13.4. The van der Waals surface area contributed by atoms with Crippen molar-refractivity contribution in [1.29, 1.82) is 0 Å². The number of para-hydroxylation sites is 2. The van der Waals surface area contributed by atoms with E-state index in [1.807, 2.05) is 24.3 Å². The van der Waals surface area contributed by atoms with E-state index in [0.29, 0.717) is 24.4 Å². The van der Waals surface area contributed by atoms with Crippen LogP contribution in [0.2, 0.25) is 5.02 Å². The molecular weight excluding hydrogens is 341 g/mol. The van der Waals surface area contributed by atoms with E-state index in [2.05, 4.69) is 15.5 Å². The van der Waals surface area contributed by atoms with Crippen LogP contribution in [0.1, 0.15) is 18.4 Å². The fourth-order valence-electron chi connectivity index (χ4n) is 3.61. The van der Waals surface area contributed by atoms with Gasteiger partial charge >= 0.3 is 0 Å². The molecule has 25 heavy (non-hydrogen) atoms. The van der Waals surface area contributed by atoms with Crippen LogP contribution in [0.15, 0.2) is 42.5 Å². The Morgan fingerprint density at radius 1 is 1.12 bits per heavy atom. The Kier molecular flexibility index (Phi) is 4.13. The molecule has 2 aliphatic rings. The van der Waals surface area contributed by atoms with Crippen LogP contribution >= 0.6 is 11.6 Å².